The van der Waals surface area contributed by atoms with Crippen molar-refractivity contribution in [3.8, 4) is 0 Å². The molecule has 22 heavy (non-hydrogen) atoms. The molecule has 0 saturated carbocycles. The van der Waals surface area contributed by atoms with E-state index < -0.39 is 12.0 Å². The number of hydrogen-bond acceptors (Lipinski definition) is 4. The number of anilines is 1. The third-order valence-corrected chi connectivity index (χ3v) is 3.29. The van der Waals surface area contributed by atoms with Crippen LogP contribution >= 0.6 is 0 Å². The number of aliphatic carboxylic acids is 1. The Morgan fingerprint density at radius 2 is 1.86 bits per heavy atom. The second kappa shape index (κ2) is 7.53. The summed E-state index contributed by atoms with van der Waals surface area (Å²) in [6.45, 7) is 0.660. The number of carbonyl (C=O) groups excluding carboxylic acids is 1. The van der Waals surface area contributed by atoms with Gasteiger partial charge in [0.05, 0.1) is 6.42 Å². The Labute approximate surface area is 128 Å². The topological polar surface area (TPSA) is 104 Å². The molecular weight excluding hydrogens is 282 g/mol. The smallest absolute Gasteiger partial charge is 0.321 e. The van der Waals surface area contributed by atoms with Crippen molar-refractivity contribution in [1.29, 1.82) is 0 Å². The Kier molecular flexibility index (Phi) is 5.46. The van der Waals surface area contributed by atoms with Gasteiger partial charge in [-0.15, -0.1) is 0 Å². The average Bonchev–Trinajstić information content (AvgIpc) is 2.51. The maximum Gasteiger partial charge on any atom is 0.321 e. The number of benzene rings is 2. The van der Waals surface area contributed by atoms with Crippen molar-refractivity contribution in [2.45, 2.75) is 12.5 Å². The normalized spacial score (nSPS) is 12.0. The van der Waals surface area contributed by atoms with Gasteiger partial charge >= 0.3 is 5.97 Å². The van der Waals surface area contributed by atoms with Crippen molar-refractivity contribution in [3.05, 3.63) is 42.5 Å². The van der Waals surface area contributed by atoms with Gasteiger partial charge in [0.2, 0.25) is 5.91 Å². The lowest BCUT2D eigenvalue weighted by Gasteiger charge is -2.14. The van der Waals surface area contributed by atoms with Gasteiger partial charge in [-0.05, 0) is 11.5 Å². The fraction of sp³-hybridized carbons (Fsp3) is 0.250. The molecule has 6 heteroatoms. The Bertz CT molecular complexity index is 667. The summed E-state index contributed by atoms with van der Waals surface area (Å²) in [6.07, 6.45) is -0.154. The molecule has 0 unspecified atom stereocenters. The largest absolute Gasteiger partial charge is 0.480 e. The number of carboxylic acids is 1. The van der Waals surface area contributed by atoms with E-state index in [0.29, 0.717) is 18.8 Å². The van der Waals surface area contributed by atoms with E-state index in [0.717, 1.165) is 10.8 Å². The van der Waals surface area contributed by atoms with E-state index in [1.165, 1.54) is 0 Å². The third kappa shape index (κ3) is 4.03. The number of carbonyl (C=O) groups is 2. The highest BCUT2D eigenvalue weighted by Gasteiger charge is 2.20. The first-order valence-corrected chi connectivity index (χ1v) is 7.05. The minimum Gasteiger partial charge on any atom is -0.480 e. The van der Waals surface area contributed by atoms with Gasteiger partial charge in [-0.2, -0.15) is 0 Å². The molecule has 0 saturated heterocycles. The summed E-state index contributed by atoms with van der Waals surface area (Å²) >= 11 is 0. The van der Waals surface area contributed by atoms with Crippen molar-refractivity contribution in [2.24, 2.45) is 5.73 Å². The van der Waals surface area contributed by atoms with Crippen molar-refractivity contribution >= 4 is 28.3 Å². The third-order valence-electron chi connectivity index (χ3n) is 3.29. The molecule has 1 amide bonds. The lowest BCUT2D eigenvalue weighted by molar-refractivity contribution is -0.141. The molecule has 2 rings (SSSR count). The molecular formula is C16H19N3O3. The van der Waals surface area contributed by atoms with E-state index in [9.17, 15) is 9.59 Å². The second-order valence-corrected chi connectivity index (χ2v) is 4.91. The molecule has 5 N–H and O–H groups in total. The lowest BCUT2D eigenvalue weighted by Crippen LogP contribution is -2.41. The maximum atomic E-state index is 12.1. The van der Waals surface area contributed by atoms with E-state index in [-0.39, 0.29) is 12.3 Å². The van der Waals surface area contributed by atoms with Gasteiger partial charge in [0.25, 0.3) is 0 Å². The number of fused-ring (bicyclic) bond motifs is 1. The van der Waals surface area contributed by atoms with Gasteiger partial charge in [0, 0.05) is 24.2 Å². The fourth-order valence-corrected chi connectivity index (χ4v) is 2.23. The molecule has 0 bridgehead atoms. The van der Waals surface area contributed by atoms with Gasteiger partial charge in [0.1, 0.15) is 6.04 Å². The molecule has 0 radical (unpaired) electrons. The van der Waals surface area contributed by atoms with Crippen LogP contribution in [0.1, 0.15) is 6.42 Å². The quantitative estimate of drug-likeness (QED) is 0.614. The van der Waals surface area contributed by atoms with Gasteiger partial charge in [0.15, 0.2) is 0 Å². The van der Waals surface area contributed by atoms with Crippen LogP contribution in [0, 0.1) is 0 Å². The Morgan fingerprint density at radius 1 is 1.14 bits per heavy atom. The number of nitrogens with one attached hydrogen (secondary N) is 2. The molecule has 2 aromatic rings. The fourth-order valence-electron chi connectivity index (χ4n) is 2.23. The zero-order valence-corrected chi connectivity index (χ0v) is 12.1. The maximum absolute atomic E-state index is 12.1. The van der Waals surface area contributed by atoms with Gasteiger partial charge in [-0.1, -0.05) is 36.4 Å². The molecule has 0 fully saturated rings. The number of amides is 1. The van der Waals surface area contributed by atoms with E-state index in [2.05, 4.69) is 10.6 Å². The SMILES string of the molecule is NCCN[C@H](CC(=O)Nc1cccc2ccccc12)C(=O)O. The summed E-state index contributed by atoms with van der Waals surface area (Å²) in [5, 5.41) is 16.5. The lowest BCUT2D eigenvalue weighted by atomic mass is 10.1. The van der Waals surface area contributed by atoms with Crippen LogP contribution in [-0.4, -0.2) is 36.1 Å². The molecule has 0 aliphatic rings. The van der Waals surface area contributed by atoms with Crippen molar-refractivity contribution < 1.29 is 14.7 Å². The molecule has 0 aromatic heterocycles. The highest BCUT2D eigenvalue weighted by Crippen LogP contribution is 2.23. The molecule has 2 aromatic carbocycles. The summed E-state index contributed by atoms with van der Waals surface area (Å²) in [7, 11) is 0. The number of hydrogen-bond donors (Lipinski definition) is 4. The minimum absolute atomic E-state index is 0.154. The highest BCUT2D eigenvalue weighted by molar-refractivity contribution is 6.03. The second-order valence-electron chi connectivity index (χ2n) is 4.91. The van der Waals surface area contributed by atoms with Crippen LogP contribution in [0.15, 0.2) is 42.5 Å². The highest BCUT2D eigenvalue weighted by atomic mass is 16.4. The van der Waals surface area contributed by atoms with E-state index in [4.69, 9.17) is 10.8 Å². The minimum atomic E-state index is -1.07. The number of rotatable bonds is 7. The molecule has 0 aliphatic carbocycles. The molecule has 116 valence electrons. The summed E-state index contributed by atoms with van der Waals surface area (Å²) in [5.74, 6) is -1.42. The monoisotopic (exact) mass is 301 g/mol. The average molecular weight is 301 g/mol. The number of carboxylic acid groups (broad SMARTS) is 1. The van der Waals surface area contributed by atoms with Crippen molar-refractivity contribution in [3.63, 3.8) is 0 Å². The van der Waals surface area contributed by atoms with E-state index in [1.807, 2.05) is 36.4 Å². The Hall–Kier alpha value is -2.44. The summed E-state index contributed by atoms with van der Waals surface area (Å²) in [5.41, 5.74) is 6.01. The first-order valence-electron chi connectivity index (χ1n) is 7.05. The van der Waals surface area contributed by atoms with Gasteiger partial charge in [-0.3, -0.25) is 9.59 Å². The summed E-state index contributed by atoms with van der Waals surface area (Å²) in [4.78, 5) is 23.2. The Morgan fingerprint density at radius 3 is 2.59 bits per heavy atom. The first-order chi connectivity index (χ1) is 10.6. The molecule has 0 spiro atoms. The Balaban J connectivity index is 2.08. The predicted molar refractivity (Wildman–Crippen MR) is 85.7 cm³/mol. The van der Waals surface area contributed by atoms with E-state index in [1.54, 1.807) is 6.07 Å². The zero-order valence-electron chi connectivity index (χ0n) is 12.1. The first kappa shape index (κ1) is 15.9. The van der Waals surface area contributed by atoms with Crippen LogP contribution < -0.4 is 16.4 Å². The predicted octanol–water partition coefficient (Wildman–Crippen LogP) is 1.17. The number of nitrogens with two attached hydrogens (primary N) is 1. The summed E-state index contributed by atoms with van der Waals surface area (Å²) in [6, 6.07) is 12.3. The van der Waals surface area contributed by atoms with Crippen LogP contribution in [0.3, 0.4) is 0 Å². The van der Waals surface area contributed by atoms with Crippen LogP contribution in [0.25, 0.3) is 10.8 Å². The van der Waals surface area contributed by atoms with Crippen molar-refractivity contribution in [2.75, 3.05) is 18.4 Å². The van der Waals surface area contributed by atoms with Crippen LogP contribution in [0.2, 0.25) is 0 Å². The molecule has 0 aliphatic heterocycles. The van der Waals surface area contributed by atoms with E-state index >= 15 is 0 Å². The van der Waals surface area contributed by atoms with Crippen LogP contribution in [0.5, 0.6) is 0 Å². The van der Waals surface area contributed by atoms with Gasteiger partial charge < -0.3 is 21.5 Å². The standard InChI is InChI=1S/C16H19N3O3/c17-8-9-18-14(16(21)22)10-15(20)19-13-7-3-5-11-4-1-2-6-12(11)13/h1-7,14,18H,8-10,17H2,(H,19,20)(H,21,22)/t14-/m1/s1. The molecule has 1 atom stereocenters. The van der Waals surface area contributed by atoms with Crippen LogP contribution in [-0.2, 0) is 9.59 Å². The zero-order chi connectivity index (χ0) is 15.9. The summed E-state index contributed by atoms with van der Waals surface area (Å²) < 4.78 is 0. The van der Waals surface area contributed by atoms with Crippen molar-refractivity contribution in [1.82, 2.24) is 5.32 Å². The molecule has 6 nitrogen and oxygen atoms in total. The van der Waals surface area contributed by atoms with Gasteiger partial charge in [-0.25, -0.2) is 0 Å². The van der Waals surface area contributed by atoms with Crippen LogP contribution in [0.4, 0.5) is 5.69 Å². The molecule has 0 heterocycles.